The highest BCUT2D eigenvalue weighted by Crippen LogP contribution is 2.23. The lowest BCUT2D eigenvalue weighted by Crippen LogP contribution is -2.36. The third-order valence-corrected chi connectivity index (χ3v) is 4.04. The summed E-state index contributed by atoms with van der Waals surface area (Å²) in [5, 5.41) is 0. The van der Waals surface area contributed by atoms with Gasteiger partial charge in [0.1, 0.15) is 0 Å². The van der Waals surface area contributed by atoms with Gasteiger partial charge in [-0.3, -0.25) is 11.3 Å². The Hall–Kier alpha value is -0.860. The molecule has 0 aromatic heterocycles. The molecule has 2 rings (SSSR count). The predicted octanol–water partition coefficient (Wildman–Crippen LogP) is 3.13. The molecule has 1 atom stereocenters. The second-order valence-electron chi connectivity index (χ2n) is 5.52. The smallest absolute Gasteiger partial charge is 0.0250 e. The second kappa shape index (κ2) is 6.91. The zero-order valence-corrected chi connectivity index (χ0v) is 11.5. The van der Waals surface area contributed by atoms with Gasteiger partial charge in [-0.15, -0.1) is 0 Å². The lowest BCUT2D eigenvalue weighted by molar-refractivity contribution is 0.467. The Morgan fingerprint density at radius 1 is 1.22 bits per heavy atom. The van der Waals surface area contributed by atoms with Crippen molar-refractivity contribution in [2.24, 2.45) is 5.84 Å². The molecule has 0 aliphatic heterocycles. The van der Waals surface area contributed by atoms with Gasteiger partial charge in [-0.1, -0.05) is 44.4 Å². The minimum Gasteiger partial charge on any atom is -0.271 e. The van der Waals surface area contributed by atoms with Crippen molar-refractivity contribution in [3.8, 4) is 0 Å². The fraction of sp³-hybridized carbons (Fsp3) is 0.625. The fourth-order valence-electron chi connectivity index (χ4n) is 2.92. The van der Waals surface area contributed by atoms with Crippen molar-refractivity contribution in [1.29, 1.82) is 0 Å². The number of hydrazine groups is 1. The summed E-state index contributed by atoms with van der Waals surface area (Å²) in [5.41, 5.74) is 7.54. The van der Waals surface area contributed by atoms with Gasteiger partial charge in [-0.2, -0.15) is 0 Å². The molecule has 0 spiro atoms. The normalized spacial score (nSPS) is 15.7. The highest BCUT2D eigenvalue weighted by Gasteiger charge is 2.13. The minimum atomic E-state index is 0.427. The molecule has 2 heteroatoms. The topological polar surface area (TPSA) is 38.0 Å². The maximum atomic E-state index is 5.67. The van der Waals surface area contributed by atoms with Crippen LogP contribution in [0, 0.1) is 0 Å². The molecule has 0 saturated heterocycles. The van der Waals surface area contributed by atoms with Crippen LogP contribution in [0.25, 0.3) is 0 Å². The summed E-state index contributed by atoms with van der Waals surface area (Å²) >= 11 is 0. The molecular weight excluding hydrogens is 220 g/mol. The van der Waals surface area contributed by atoms with Gasteiger partial charge in [-0.05, 0) is 48.8 Å². The van der Waals surface area contributed by atoms with E-state index in [0.29, 0.717) is 6.04 Å². The van der Waals surface area contributed by atoms with Crippen LogP contribution in [0.3, 0.4) is 0 Å². The van der Waals surface area contributed by atoms with Crippen LogP contribution in [-0.4, -0.2) is 6.04 Å². The van der Waals surface area contributed by atoms with Crippen LogP contribution in [0.4, 0.5) is 0 Å². The molecule has 0 bridgehead atoms. The third-order valence-electron chi connectivity index (χ3n) is 4.04. The first-order valence-electron chi connectivity index (χ1n) is 7.40. The molecule has 1 unspecified atom stereocenters. The summed E-state index contributed by atoms with van der Waals surface area (Å²) < 4.78 is 0. The van der Waals surface area contributed by atoms with E-state index in [2.05, 4.69) is 30.5 Å². The first-order chi connectivity index (χ1) is 8.83. The zero-order chi connectivity index (χ0) is 12.8. The molecule has 0 radical (unpaired) electrons. The number of unbranched alkanes of at least 4 members (excludes halogenated alkanes) is 2. The average Bonchev–Trinajstić information content (AvgIpc) is 2.85. The SMILES string of the molecule is CCCCCC(Cc1ccc2c(c1)CCC2)NN. The van der Waals surface area contributed by atoms with Gasteiger partial charge in [0.25, 0.3) is 0 Å². The fourth-order valence-corrected chi connectivity index (χ4v) is 2.92. The molecule has 3 N–H and O–H groups in total. The summed E-state index contributed by atoms with van der Waals surface area (Å²) in [6.45, 7) is 2.24. The molecule has 1 aromatic rings. The number of fused-ring (bicyclic) bond motifs is 1. The van der Waals surface area contributed by atoms with E-state index >= 15 is 0 Å². The summed E-state index contributed by atoms with van der Waals surface area (Å²) in [7, 11) is 0. The number of benzene rings is 1. The molecule has 1 aliphatic rings. The Kier molecular flexibility index (Phi) is 5.21. The molecule has 18 heavy (non-hydrogen) atoms. The van der Waals surface area contributed by atoms with E-state index in [1.165, 1.54) is 50.5 Å². The maximum absolute atomic E-state index is 5.67. The Morgan fingerprint density at radius 3 is 2.83 bits per heavy atom. The summed E-state index contributed by atoms with van der Waals surface area (Å²) in [5.74, 6) is 5.67. The lowest BCUT2D eigenvalue weighted by atomic mass is 9.98. The number of hydrogen-bond donors (Lipinski definition) is 2. The number of nitrogens with one attached hydrogen (secondary N) is 1. The molecule has 1 aromatic carbocycles. The molecule has 1 aliphatic carbocycles. The van der Waals surface area contributed by atoms with E-state index in [1.807, 2.05) is 0 Å². The molecule has 0 heterocycles. The van der Waals surface area contributed by atoms with Crippen molar-refractivity contribution in [1.82, 2.24) is 5.43 Å². The highest BCUT2D eigenvalue weighted by molar-refractivity contribution is 5.35. The number of hydrogen-bond acceptors (Lipinski definition) is 2. The van der Waals surface area contributed by atoms with Crippen molar-refractivity contribution in [3.05, 3.63) is 34.9 Å². The molecule has 0 saturated carbocycles. The van der Waals surface area contributed by atoms with Crippen molar-refractivity contribution in [2.75, 3.05) is 0 Å². The third kappa shape index (κ3) is 3.56. The van der Waals surface area contributed by atoms with Gasteiger partial charge in [0, 0.05) is 6.04 Å². The molecular formula is C16H26N2. The summed E-state index contributed by atoms with van der Waals surface area (Å²) in [4.78, 5) is 0. The number of rotatable bonds is 7. The number of aryl methyl sites for hydroxylation is 2. The standard InChI is InChI=1S/C16H26N2/c1-2-3-4-8-16(18-17)12-13-9-10-14-6-5-7-15(14)11-13/h9-11,16,18H,2-8,12,17H2,1H3. The monoisotopic (exact) mass is 246 g/mol. The highest BCUT2D eigenvalue weighted by atomic mass is 15.2. The van der Waals surface area contributed by atoms with E-state index in [4.69, 9.17) is 5.84 Å². The van der Waals surface area contributed by atoms with Crippen LogP contribution in [-0.2, 0) is 19.3 Å². The van der Waals surface area contributed by atoms with Crippen LogP contribution in [0.1, 0.15) is 55.7 Å². The van der Waals surface area contributed by atoms with Crippen molar-refractivity contribution in [2.45, 2.75) is 64.3 Å². The first-order valence-corrected chi connectivity index (χ1v) is 7.40. The van der Waals surface area contributed by atoms with E-state index in [0.717, 1.165) is 6.42 Å². The molecule has 2 nitrogen and oxygen atoms in total. The summed E-state index contributed by atoms with van der Waals surface area (Å²) in [6.07, 6.45) is 9.96. The first kappa shape index (κ1) is 13.6. The van der Waals surface area contributed by atoms with E-state index < -0.39 is 0 Å². The van der Waals surface area contributed by atoms with Crippen molar-refractivity contribution < 1.29 is 0 Å². The van der Waals surface area contributed by atoms with Gasteiger partial charge in [0.05, 0.1) is 0 Å². The van der Waals surface area contributed by atoms with Crippen LogP contribution >= 0.6 is 0 Å². The molecule has 0 amide bonds. The largest absolute Gasteiger partial charge is 0.271 e. The molecule has 100 valence electrons. The quantitative estimate of drug-likeness (QED) is 0.441. The van der Waals surface area contributed by atoms with Crippen LogP contribution in [0.2, 0.25) is 0 Å². The molecule has 0 fully saturated rings. The van der Waals surface area contributed by atoms with Gasteiger partial charge in [0.2, 0.25) is 0 Å². The van der Waals surface area contributed by atoms with E-state index in [1.54, 1.807) is 11.1 Å². The van der Waals surface area contributed by atoms with Gasteiger partial charge >= 0.3 is 0 Å². The summed E-state index contributed by atoms with van der Waals surface area (Å²) in [6, 6.07) is 7.42. The Labute approximate surface area is 111 Å². The van der Waals surface area contributed by atoms with Gasteiger partial charge < -0.3 is 0 Å². The van der Waals surface area contributed by atoms with E-state index in [9.17, 15) is 0 Å². The van der Waals surface area contributed by atoms with Crippen molar-refractivity contribution >= 4 is 0 Å². The maximum Gasteiger partial charge on any atom is 0.0250 e. The number of nitrogens with two attached hydrogens (primary N) is 1. The van der Waals surface area contributed by atoms with Gasteiger partial charge in [0.15, 0.2) is 0 Å². The Morgan fingerprint density at radius 2 is 2.06 bits per heavy atom. The second-order valence-corrected chi connectivity index (χ2v) is 5.52. The van der Waals surface area contributed by atoms with Crippen LogP contribution < -0.4 is 11.3 Å². The lowest BCUT2D eigenvalue weighted by Gasteiger charge is -2.16. The Balaban J connectivity index is 1.90. The van der Waals surface area contributed by atoms with Crippen LogP contribution in [0.15, 0.2) is 18.2 Å². The predicted molar refractivity (Wildman–Crippen MR) is 77.4 cm³/mol. The average molecular weight is 246 g/mol. The van der Waals surface area contributed by atoms with E-state index in [-0.39, 0.29) is 0 Å². The van der Waals surface area contributed by atoms with Crippen molar-refractivity contribution in [3.63, 3.8) is 0 Å². The Bertz CT molecular complexity index is 373. The van der Waals surface area contributed by atoms with Crippen LogP contribution in [0.5, 0.6) is 0 Å². The zero-order valence-electron chi connectivity index (χ0n) is 11.5. The minimum absolute atomic E-state index is 0.427. The van der Waals surface area contributed by atoms with Gasteiger partial charge in [-0.25, -0.2) is 0 Å².